The molecular weight excluding hydrogens is 446 g/mol. The molecule has 1 fully saturated rings. The van der Waals surface area contributed by atoms with Crippen LogP contribution in [0.4, 0.5) is 0 Å². The van der Waals surface area contributed by atoms with Gasteiger partial charge in [0.1, 0.15) is 11.5 Å². The largest absolute Gasteiger partial charge is 0.497 e. The molecule has 1 aliphatic heterocycles. The minimum Gasteiger partial charge on any atom is -0.497 e. The highest BCUT2D eigenvalue weighted by Gasteiger charge is 2.37. The SMILES string of the molecule is CCCCC1S/C(=N\N=C\c2ccc(OC)cc2OC)N(Cc2cccc3ccccc23)C1=O. The van der Waals surface area contributed by atoms with E-state index in [1.807, 2.05) is 30.3 Å². The van der Waals surface area contributed by atoms with E-state index < -0.39 is 0 Å². The lowest BCUT2D eigenvalue weighted by Gasteiger charge is -2.17. The van der Waals surface area contributed by atoms with Crippen molar-refractivity contribution in [3.05, 3.63) is 71.8 Å². The van der Waals surface area contributed by atoms with Crippen molar-refractivity contribution < 1.29 is 14.3 Å². The minimum atomic E-state index is -0.126. The molecule has 0 spiro atoms. The van der Waals surface area contributed by atoms with Crippen LogP contribution < -0.4 is 9.47 Å². The van der Waals surface area contributed by atoms with Gasteiger partial charge in [-0.2, -0.15) is 5.10 Å². The Kier molecular flexibility index (Phi) is 7.85. The lowest BCUT2D eigenvalue weighted by molar-refractivity contribution is -0.126. The number of nitrogens with zero attached hydrogens (tertiary/aromatic N) is 3. The fourth-order valence-electron chi connectivity index (χ4n) is 3.97. The Hall–Kier alpha value is -3.32. The van der Waals surface area contributed by atoms with Crippen molar-refractivity contribution in [1.82, 2.24) is 4.90 Å². The molecule has 34 heavy (non-hydrogen) atoms. The fraction of sp³-hybridized carbons (Fsp3) is 0.296. The second kappa shape index (κ2) is 11.2. The number of amidine groups is 1. The number of methoxy groups -OCH3 is 2. The van der Waals surface area contributed by atoms with Gasteiger partial charge >= 0.3 is 0 Å². The summed E-state index contributed by atoms with van der Waals surface area (Å²) in [6, 6.07) is 19.9. The van der Waals surface area contributed by atoms with Gasteiger partial charge in [0.15, 0.2) is 5.17 Å². The summed E-state index contributed by atoms with van der Waals surface area (Å²) in [6.07, 6.45) is 4.54. The first-order valence-corrected chi connectivity index (χ1v) is 12.3. The number of thioether (sulfide) groups is 1. The molecule has 3 aromatic rings. The van der Waals surface area contributed by atoms with Crippen molar-refractivity contribution in [3.8, 4) is 11.5 Å². The van der Waals surface area contributed by atoms with Crippen LogP contribution in [-0.2, 0) is 11.3 Å². The second-order valence-corrected chi connectivity index (χ2v) is 9.22. The molecule has 0 bridgehead atoms. The predicted octanol–water partition coefficient (Wildman–Crippen LogP) is 5.88. The molecule has 0 saturated carbocycles. The molecule has 1 unspecified atom stereocenters. The van der Waals surface area contributed by atoms with Crippen molar-refractivity contribution in [1.29, 1.82) is 0 Å². The third-order valence-corrected chi connectivity index (χ3v) is 7.06. The lowest BCUT2D eigenvalue weighted by atomic mass is 10.0. The van der Waals surface area contributed by atoms with Gasteiger partial charge in [0.2, 0.25) is 5.91 Å². The Morgan fingerprint density at radius 3 is 2.68 bits per heavy atom. The molecule has 4 rings (SSSR count). The summed E-state index contributed by atoms with van der Waals surface area (Å²) >= 11 is 1.50. The number of carbonyl (C=O) groups is 1. The highest BCUT2D eigenvalue weighted by Crippen LogP contribution is 2.33. The van der Waals surface area contributed by atoms with Crippen LogP contribution in [0.1, 0.15) is 37.3 Å². The number of benzene rings is 3. The Bertz CT molecular complexity index is 1220. The van der Waals surface area contributed by atoms with Crippen molar-refractivity contribution in [2.24, 2.45) is 10.2 Å². The molecule has 1 heterocycles. The molecule has 0 N–H and O–H groups in total. The number of unbranched alkanes of at least 4 members (excludes halogenated alkanes) is 1. The van der Waals surface area contributed by atoms with Crippen LogP contribution in [0.5, 0.6) is 11.5 Å². The molecule has 1 aliphatic rings. The number of hydrogen-bond acceptors (Lipinski definition) is 6. The maximum atomic E-state index is 13.3. The zero-order chi connectivity index (χ0) is 23.9. The van der Waals surface area contributed by atoms with Gasteiger partial charge < -0.3 is 9.47 Å². The van der Waals surface area contributed by atoms with Gasteiger partial charge in [-0.05, 0) is 34.9 Å². The summed E-state index contributed by atoms with van der Waals surface area (Å²) in [7, 11) is 3.22. The number of hydrogen-bond donors (Lipinski definition) is 0. The highest BCUT2D eigenvalue weighted by molar-refractivity contribution is 8.15. The van der Waals surface area contributed by atoms with E-state index in [1.54, 1.807) is 31.4 Å². The molecule has 176 valence electrons. The van der Waals surface area contributed by atoms with Gasteiger partial charge in [-0.3, -0.25) is 9.69 Å². The molecule has 6 nitrogen and oxygen atoms in total. The molecule has 3 aromatic carbocycles. The van der Waals surface area contributed by atoms with E-state index in [1.165, 1.54) is 11.8 Å². The zero-order valence-electron chi connectivity index (χ0n) is 19.7. The topological polar surface area (TPSA) is 63.5 Å². The van der Waals surface area contributed by atoms with Crippen LogP contribution in [0.15, 0.2) is 70.9 Å². The third-order valence-electron chi connectivity index (χ3n) is 5.83. The number of rotatable bonds is 9. The van der Waals surface area contributed by atoms with Gasteiger partial charge in [0, 0.05) is 11.6 Å². The van der Waals surface area contributed by atoms with Gasteiger partial charge in [-0.1, -0.05) is 74.0 Å². The smallest absolute Gasteiger partial charge is 0.242 e. The predicted molar refractivity (Wildman–Crippen MR) is 140 cm³/mol. The maximum absolute atomic E-state index is 13.3. The Morgan fingerprint density at radius 2 is 1.88 bits per heavy atom. The number of fused-ring (bicyclic) bond motifs is 1. The van der Waals surface area contributed by atoms with Gasteiger partial charge in [0.05, 0.1) is 32.2 Å². The van der Waals surface area contributed by atoms with E-state index in [9.17, 15) is 4.79 Å². The summed E-state index contributed by atoms with van der Waals surface area (Å²) in [4.78, 5) is 15.1. The molecule has 0 radical (unpaired) electrons. The van der Waals surface area contributed by atoms with Gasteiger partial charge in [-0.15, -0.1) is 5.10 Å². The molecule has 1 atom stereocenters. The van der Waals surface area contributed by atoms with E-state index in [2.05, 4.69) is 41.4 Å². The Labute approximate surface area is 204 Å². The van der Waals surface area contributed by atoms with Crippen molar-refractivity contribution >= 4 is 39.8 Å². The number of carbonyl (C=O) groups excluding carboxylic acids is 1. The van der Waals surface area contributed by atoms with Gasteiger partial charge in [-0.25, -0.2) is 0 Å². The average Bonchev–Trinajstić information content (AvgIpc) is 3.17. The normalized spacial score (nSPS) is 17.3. The van der Waals surface area contributed by atoms with Crippen molar-refractivity contribution in [3.63, 3.8) is 0 Å². The van der Waals surface area contributed by atoms with E-state index in [0.717, 1.165) is 41.2 Å². The summed E-state index contributed by atoms with van der Waals surface area (Å²) < 4.78 is 10.7. The van der Waals surface area contributed by atoms with Crippen molar-refractivity contribution in [2.75, 3.05) is 14.2 Å². The minimum absolute atomic E-state index is 0.0994. The first-order chi connectivity index (χ1) is 16.6. The van der Waals surface area contributed by atoms with E-state index in [4.69, 9.17) is 9.47 Å². The van der Waals surface area contributed by atoms with Crippen LogP contribution >= 0.6 is 11.8 Å². The number of amides is 1. The third kappa shape index (κ3) is 5.25. The van der Waals surface area contributed by atoms with Crippen LogP contribution in [-0.4, -0.2) is 41.7 Å². The lowest BCUT2D eigenvalue weighted by Crippen LogP contribution is -2.31. The molecule has 0 aliphatic carbocycles. The van der Waals surface area contributed by atoms with Gasteiger partial charge in [0.25, 0.3) is 0 Å². The van der Waals surface area contributed by atoms with E-state index >= 15 is 0 Å². The first kappa shape index (κ1) is 23.8. The Balaban J connectivity index is 1.62. The zero-order valence-corrected chi connectivity index (χ0v) is 20.5. The Morgan fingerprint density at radius 1 is 1.06 bits per heavy atom. The van der Waals surface area contributed by atoms with E-state index in [-0.39, 0.29) is 11.2 Å². The summed E-state index contributed by atoms with van der Waals surface area (Å²) in [5, 5.41) is 11.6. The molecule has 1 saturated heterocycles. The van der Waals surface area contributed by atoms with E-state index in [0.29, 0.717) is 23.2 Å². The molecule has 7 heteroatoms. The fourth-order valence-corrected chi connectivity index (χ4v) is 5.11. The average molecular weight is 476 g/mol. The van der Waals surface area contributed by atoms with Crippen molar-refractivity contribution in [2.45, 2.75) is 38.0 Å². The standard InChI is InChI=1S/C27H29N3O3S/c1-4-5-13-25-26(31)30(18-21-11-8-10-19-9-6-7-12-23(19)21)27(34-25)29-28-17-20-14-15-22(32-2)16-24(20)33-3/h6-12,14-17,25H,4-5,13,18H2,1-3H3/b28-17+,29-27-. The number of ether oxygens (including phenoxy) is 2. The molecule has 0 aromatic heterocycles. The summed E-state index contributed by atoms with van der Waals surface area (Å²) in [5.74, 6) is 1.45. The maximum Gasteiger partial charge on any atom is 0.242 e. The molecule has 1 amide bonds. The summed E-state index contributed by atoms with van der Waals surface area (Å²) in [6.45, 7) is 2.61. The first-order valence-electron chi connectivity index (χ1n) is 11.4. The monoisotopic (exact) mass is 475 g/mol. The highest BCUT2D eigenvalue weighted by atomic mass is 32.2. The van der Waals surface area contributed by atoms with Crippen LogP contribution in [0, 0.1) is 0 Å². The van der Waals surface area contributed by atoms with Crippen LogP contribution in [0.25, 0.3) is 10.8 Å². The van der Waals surface area contributed by atoms with Crippen LogP contribution in [0.3, 0.4) is 0 Å². The molecular formula is C27H29N3O3S. The quantitative estimate of drug-likeness (QED) is 0.286. The summed E-state index contributed by atoms with van der Waals surface area (Å²) in [5.41, 5.74) is 1.88. The second-order valence-electron chi connectivity index (χ2n) is 8.05. The van der Waals surface area contributed by atoms with Crippen LogP contribution in [0.2, 0.25) is 0 Å².